The number of nitrogens with one attached hydrogen (secondary N) is 1. The fraction of sp³-hybridized carbons (Fsp3) is 0.692. The third-order valence-corrected chi connectivity index (χ3v) is 3.56. The molecule has 21 heavy (non-hydrogen) atoms. The molecule has 0 unspecified atom stereocenters. The second kappa shape index (κ2) is 7.61. The van der Waals surface area contributed by atoms with Crippen LogP contribution in [0, 0.1) is 5.41 Å². The number of rotatable bonds is 8. The lowest BCUT2D eigenvalue weighted by Gasteiger charge is -2.34. The Morgan fingerprint density at radius 1 is 1.48 bits per heavy atom. The Morgan fingerprint density at radius 2 is 2.10 bits per heavy atom. The van der Waals surface area contributed by atoms with E-state index in [9.17, 15) is 4.79 Å². The van der Waals surface area contributed by atoms with Crippen LogP contribution in [0.2, 0.25) is 0 Å². The third kappa shape index (κ3) is 3.71. The predicted molar refractivity (Wildman–Crippen MR) is 78.5 cm³/mol. The molecule has 0 saturated heterocycles. The Morgan fingerprint density at radius 3 is 2.52 bits per heavy atom. The molecule has 0 aliphatic heterocycles. The maximum atomic E-state index is 12.9. The molecule has 0 spiro atoms. The normalized spacial score (nSPS) is 12.4. The highest BCUT2D eigenvalue weighted by Gasteiger charge is 2.43. The second-order valence-corrected chi connectivity index (χ2v) is 5.16. The molecular formula is C13H24N6O2. The summed E-state index contributed by atoms with van der Waals surface area (Å²) in [4.78, 5) is 18.4. The summed E-state index contributed by atoms with van der Waals surface area (Å²) in [6, 6.07) is 0. The molecule has 0 aromatic carbocycles. The highest BCUT2D eigenvalue weighted by molar-refractivity contribution is 6.06. The molecule has 1 rings (SSSR count). The molecule has 1 aromatic rings. The van der Waals surface area contributed by atoms with Gasteiger partial charge in [-0.1, -0.05) is 31.8 Å². The monoisotopic (exact) mass is 296 g/mol. The van der Waals surface area contributed by atoms with Gasteiger partial charge < -0.3 is 15.8 Å². The first-order chi connectivity index (χ1) is 10.0. The molecule has 0 radical (unpaired) electrons. The summed E-state index contributed by atoms with van der Waals surface area (Å²) in [5.41, 5.74) is 4.89. The number of aromatic amines is 1. The SMILES string of the molecule is CCCC(CCC)(C(=O)N(C)Cc1ncn[nH]1)C(N)=NO. The molecule has 1 aromatic heterocycles. The van der Waals surface area contributed by atoms with Crippen molar-refractivity contribution in [2.75, 3.05) is 7.05 Å². The minimum absolute atomic E-state index is 0.0272. The van der Waals surface area contributed by atoms with Gasteiger partial charge in [0.15, 0.2) is 5.84 Å². The molecular weight excluding hydrogens is 272 g/mol. The largest absolute Gasteiger partial charge is 0.409 e. The molecule has 0 saturated carbocycles. The molecule has 8 heteroatoms. The van der Waals surface area contributed by atoms with E-state index in [-0.39, 0.29) is 11.7 Å². The van der Waals surface area contributed by atoms with Crippen LogP contribution in [0.1, 0.15) is 45.4 Å². The molecule has 0 fully saturated rings. The Hall–Kier alpha value is -2.12. The first-order valence-corrected chi connectivity index (χ1v) is 7.09. The van der Waals surface area contributed by atoms with E-state index < -0.39 is 5.41 Å². The van der Waals surface area contributed by atoms with Crippen molar-refractivity contribution < 1.29 is 10.0 Å². The summed E-state index contributed by atoms with van der Waals surface area (Å²) in [5.74, 6) is 0.394. The number of H-pyrrole nitrogens is 1. The van der Waals surface area contributed by atoms with Gasteiger partial charge in [-0.15, -0.1) is 0 Å². The van der Waals surface area contributed by atoms with Crippen molar-refractivity contribution >= 4 is 11.7 Å². The minimum Gasteiger partial charge on any atom is -0.409 e. The number of oxime groups is 1. The van der Waals surface area contributed by atoms with E-state index in [0.717, 1.165) is 12.8 Å². The van der Waals surface area contributed by atoms with Gasteiger partial charge >= 0.3 is 0 Å². The number of nitrogens with zero attached hydrogens (tertiary/aromatic N) is 4. The number of nitrogens with two attached hydrogens (primary N) is 1. The molecule has 0 aliphatic carbocycles. The second-order valence-electron chi connectivity index (χ2n) is 5.16. The van der Waals surface area contributed by atoms with Crippen molar-refractivity contribution in [3.05, 3.63) is 12.2 Å². The molecule has 1 amide bonds. The van der Waals surface area contributed by atoms with E-state index in [2.05, 4.69) is 20.3 Å². The van der Waals surface area contributed by atoms with E-state index in [1.165, 1.54) is 11.2 Å². The fourth-order valence-electron chi connectivity index (χ4n) is 2.62. The summed E-state index contributed by atoms with van der Waals surface area (Å²) >= 11 is 0. The first kappa shape index (κ1) is 16.9. The average Bonchev–Trinajstić information content (AvgIpc) is 2.98. The zero-order valence-corrected chi connectivity index (χ0v) is 12.8. The fourth-order valence-corrected chi connectivity index (χ4v) is 2.62. The van der Waals surface area contributed by atoms with E-state index in [0.29, 0.717) is 25.2 Å². The van der Waals surface area contributed by atoms with E-state index in [1.54, 1.807) is 7.05 Å². The smallest absolute Gasteiger partial charge is 0.236 e. The first-order valence-electron chi connectivity index (χ1n) is 7.09. The van der Waals surface area contributed by atoms with Crippen LogP contribution in [0.25, 0.3) is 0 Å². The van der Waals surface area contributed by atoms with Gasteiger partial charge in [0.05, 0.1) is 6.54 Å². The lowest BCUT2D eigenvalue weighted by atomic mass is 9.76. The molecule has 0 aliphatic rings. The zero-order valence-electron chi connectivity index (χ0n) is 12.8. The van der Waals surface area contributed by atoms with Crippen LogP contribution in [0.3, 0.4) is 0 Å². The van der Waals surface area contributed by atoms with Crippen LogP contribution in [0.4, 0.5) is 0 Å². The molecule has 0 atom stereocenters. The van der Waals surface area contributed by atoms with Crippen molar-refractivity contribution in [1.29, 1.82) is 0 Å². The number of hydrogen-bond acceptors (Lipinski definition) is 5. The lowest BCUT2D eigenvalue weighted by Crippen LogP contribution is -2.50. The van der Waals surface area contributed by atoms with Gasteiger partial charge in [0.2, 0.25) is 5.91 Å². The molecule has 1 heterocycles. The van der Waals surface area contributed by atoms with Gasteiger partial charge in [-0.25, -0.2) is 4.98 Å². The molecule has 4 N–H and O–H groups in total. The predicted octanol–water partition coefficient (Wildman–Crippen LogP) is 1.10. The summed E-state index contributed by atoms with van der Waals surface area (Å²) in [6.45, 7) is 4.24. The quantitative estimate of drug-likeness (QED) is 0.287. The van der Waals surface area contributed by atoms with Crippen LogP contribution in [0.15, 0.2) is 11.5 Å². The maximum Gasteiger partial charge on any atom is 0.236 e. The summed E-state index contributed by atoms with van der Waals surface area (Å²) in [6.07, 6.45) is 3.99. The summed E-state index contributed by atoms with van der Waals surface area (Å²) in [7, 11) is 1.68. The number of carbonyl (C=O) groups is 1. The van der Waals surface area contributed by atoms with Crippen molar-refractivity contribution in [3.63, 3.8) is 0 Å². The van der Waals surface area contributed by atoms with Crippen LogP contribution in [0.5, 0.6) is 0 Å². The van der Waals surface area contributed by atoms with Gasteiger partial charge in [-0.2, -0.15) is 5.10 Å². The van der Waals surface area contributed by atoms with E-state index in [4.69, 9.17) is 10.9 Å². The summed E-state index contributed by atoms with van der Waals surface area (Å²) < 4.78 is 0. The van der Waals surface area contributed by atoms with Crippen LogP contribution in [-0.2, 0) is 11.3 Å². The van der Waals surface area contributed by atoms with Crippen molar-refractivity contribution in [2.45, 2.75) is 46.1 Å². The Balaban J connectivity index is 3.02. The number of hydrogen-bond donors (Lipinski definition) is 3. The Labute approximate surface area is 124 Å². The van der Waals surface area contributed by atoms with E-state index in [1.807, 2.05) is 13.8 Å². The van der Waals surface area contributed by atoms with Gasteiger partial charge in [0.1, 0.15) is 17.6 Å². The highest BCUT2D eigenvalue weighted by Crippen LogP contribution is 2.32. The summed E-state index contributed by atoms with van der Waals surface area (Å²) in [5, 5.41) is 18.7. The molecule has 0 bridgehead atoms. The lowest BCUT2D eigenvalue weighted by molar-refractivity contribution is -0.138. The topological polar surface area (TPSA) is 120 Å². The van der Waals surface area contributed by atoms with Crippen molar-refractivity contribution in [2.24, 2.45) is 16.3 Å². The van der Waals surface area contributed by atoms with Crippen LogP contribution < -0.4 is 5.73 Å². The van der Waals surface area contributed by atoms with Crippen LogP contribution >= 0.6 is 0 Å². The molecule has 8 nitrogen and oxygen atoms in total. The Kier molecular flexibility index (Phi) is 6.13. The Bertz CT molecular complexity index is 465. The van der Waals surface area contributed by atoms with Gasteiger partial charge in [0.25, 0.3) is 0 Å². The molecule has 118 valence electrons. The average molecular weight is 296 g/mol. The third-order valence-electron chi connectivity index (χ3n) is 3.56. The standard InChI is InChI=1S/C13H24N6O2/c1-4-6-13(7-5-2,11(14)18-21)12(20)19(3)8-10-15-9-16-17-10/h9,21H,4-8H2,1-3H3,(H2,14,18)(H,15,16,17). The van der Waals surface area contributed by atoms with Crippen molar-refractivity contribution in [1.82, 2.24) is 20.1 Å². The van der Waals surface area contributed by atoms with Crippen LogP contribution in [-0.4, -0.2) is 44.1 Å². The number of aromatic nitrogens is 3. The van der Waals surface area contributed by atoms with Crippen molar-refractivity contribution in [3.8, 4) is 0 Å². The van der Waals surface area contributed by atoms with Gasteiger partial charge in [0, 0.05) is 7.05 Å². The zero-order chi connectivity index (χ0) is 15.9. The minimum atomic E-state index is -0.965. The number of amidine groups is 1. The number of amides is 1. The maximum absolute atomic E-state index is 12.9. The highest BCUT2D eigenvalue weighted by atomic mass is 16.4. The van der Waals surface area contributed by atoms with E-state index >= 15 is 0 Å². The number of carbonyl (C=O) groups excluding carboxylic acids is 1. The van der Waals surface area contributed by atoms with Gasteiger partial charge in [-0.05, 0) is 12.8 Å². The van der Waals surface area contributed by atoms with Gasteiger partial charge in [-0.3, -0.25) is 9.89 Å².